The molecular formula is C19H28O4. The van der Waals surface area contributed by atoms with Crippen LogP contribution in [0, 0.1) is 28.6 Å². The summed E-state index contributed by atoms with van der Waals surface area (Å²) in [4.78, 5) is 11.7. The Labute approximate surface area is 138 Å². The minimum Gasteiger partial charge on any atom is -0.500 e. The lowest BCUT2D eigenvalue weighted by molar-refractivity contribution is -0.135. The van der Waals surface area contributed by atoms with Gasteiger partial charge in [-0.05, 0) is 68.1 Å². The van der Waals surface area contributed by atoms with Gasteiger partial charge in [0, 0.05) is 5.41 Å². The lowest BCUT2D eigenvalue weighted by Crippen LogP contribution is -2.46. The van der Waals surface area contributed by atoms with Gasteiger partial charge in [-0.3, -0.25) is 0 Å². The zero-order chi connectivity index (χ0) is 16.1. The Morgan fingerprint density at radius 2 is 1.74 bits per heavy atom. The summed E-state index contributed by atoms with van der Waals surface area (Å²) >= 11 is 0. The molecule has 0 unspecified atom stereocenters. The van der Waals surface area contributed by atoms with Crippen molar-refractivity contribution in [2.24, 2.45) is 28.6 Å². The van der Waals surface area contributed by atoms with Gasteiger partial charge in [-0.25, -0.2) is 4.79 Å². The first-order chi connectivity index (χ1) is 11.0. The van der Waals surface area contributed by atoms with Gasteiger partial charge in [0.15, 0.2) is 0 Å². The Bertz CT molecular complexity index is 482. The molecule has 0 radical (unpaired) electrons. The van der Waals surface area contributed by atoms with E-state index in [2.05, 4.69) is 6.92 Å². The van der Waals surface area contributed by atoms with Crippen molar-refractivity contribution in [2.45, 2.75) is 51.9 Å². The molecule has 0 atom stereocenters. The van der Waals surface area contributed by atoms with Crippen LogP contribution in [0.1, 0.15) is 51.9 Å². The third-order valence-electron chi connectivity index (χ3n) is 6.56. The molecule has 0 aromatic heterocycles. The normalized spacial score (nSPS) is 40.7. The van der Waals surface area contributed by atoms with Gasteiger partial charge in [0.25, 0.3) is 0 Å². The van der Waals surface area contributed by atoms with Gasteiger partial charge >= 0.3 is 5.97 Å². The highest BCUT2D eigenvalue weighted by Gasteiger charge is 2.51. The molecule has 1 heterocycles. The van der Waals surface area contributed by atoms with Gasteiger partial charge in [0.2, 0.25) is 0 Å². The number of ether oxygens (including phenoxy) is 2. The maximum Gasteiger partial charge on any atom is 0.334 e. The van der Waals surface area contributed by atoms with Gasteiger partial charge in [0.05, 0.1) is 31.7 Å². The van der Waals surface area contributed by atoms with Crippen LogP contribution in [0.2, 0.25) is 0 Å². The van der Waals surface area contributed by atoms with Crippen molar-refractivity contribution in [3.05, 3.63) is 11.8 Å². The molecule has 1 N–H and O–H groups in total. The summed E-state index contributed by atoms with van der Waals surface area (Å²) in [6.07, 6.45) is 10.1. The number of carboxylic acid groups (broad SMARTS) is 1. The molecule has 4 saturated carbocycles. The van der Waals surface area contributed by atoms with E-state index in [1.807, 2.05) is 0 Å². The summed E-state index contributed by atoms with van der Waals surface area (Å²) in [5.74, 6) is 1.74. The van der Waals surface area contributed by atoms with Crippen LogP contribution < -0.4 is 0 Å². The molecule has 128 valence electrons. The molecule has 0 amide bonds. The second kappa shape index (κ2) is 5.51. The first kappa shape index (κ1) is 15.5. The van der Waals surface area contributed by atoms with Crippen molar-refractivity contribution in [1.82, 2.24) is 0 Å². The monoisotopic (exact) mass is 320 g/mol. The van der Waals surface area contributed by atoms with Crippen LogP contribution in [0.5, 0.6) is 0 Å². The van der Waals surface area contributed by atoms with Crippen molar-refractivity contribution in [3.8, 4) is 0 Å². The summed E-state index contributed by atoms with van der Waals surface area (Å²) in [7, 11) is 0. The van der Waals surface area contributed by atoms with Crippen LogP contribution in [0.15, 0.2) is 11.8 Å². The lowest BCUT2D eigenvalue weighted by Gasteiger charge is -2.57. The maximum absolute atomic E-state index is 11.7. The molecule has 1 saturated heterocycles. The Morgan fingerprint density at radius 3 is 2.17 bits per heavy atom. The third kappa shape index (κ3) is 3.02. The van der Waals surface area contributed by atoms with E-state index in [0.717, 1.165) is 17.8 Å². The average molecular weight is 320 g/mol. The zero-order valence-corrected chi connectivity index (χ0v) is 14.1. The highest BCUT2D eigenvalue weighted by atomic mass is 16.5. The van der Waals surface area contributed by atoms with Crippen LogP contribution in [0.25, 0.3) is 0 Å². The molecule has 0 aromatic rings. The van der Waals surface area contributed by atoms with Crippen LogP contribution in [0.4, 0.5) is 0 Å². The van der Waals surface area contributed by atoms with E-state index in [-0.39, 0.29) is 10.8 Å². The van der Waals surface area contributed by atoms with Crippen molar-refractivity contribution in [3.63, 3.8) is 0 Å². The molecule has 5 fully saturated rings. The van der Waals surface area contributed by atoms with Crippen LogP contribution in [-0.2, 0) is 14.3 Å². The fourth-order valence-corrected chi connectivity index (χ4v) is 5.96. The van der Waals surface area contributed by atoms with E-state index in [0.29, 0.717) is 31.8 Å². The number of rotatable bonds is 6. The summed E-state index contributed by atoms with van der Waals surface area (Å²) in [6, 6.07) is 0. The van der Waals surface area contributed by atoms with Gasteiger partial charge in [0.1, 0.15) is 0 Å². The molecule has 4 heteroatoms. The Hall–Kier alpha value is -1.03. The highest BCUT2D eigenvalue weighted by molar-refractivity contribution is 5.86. The fourth-order valence-electron chi connectivity index (χ4n) is 5.96. The Kier molecular flexibility index (Phi) is 3.71. The molecule has 1 aliphatic heterocycles. The van der Waals surface area contributed by atoms with Gasteiger partial charge in [-0.15, -0.1) is 0 Å². The number of carboxylic acids is 1. The minimum atomic E-state index is -0.809. The fraction of sp³-hybridized carbons (Fsp3) is 0.842. The second-order valence-corrected chi connectivity index (χ2v) is 9.16. The van der Waals surface area contributed by atoms with E-state index in [9.17, 15) is 9.90 Å². The Morgan fingerprint density at radius 1 is 1.17 bits per heavy atom. The topological polar surface area (TPSA) is 55.8 Å². The maximum atomic E-state index is 11.7. The molecule has 4 aliphatic carbocycles. The summed E-state index contributed by atoms with van der Waals surface area (Å²) in [5.41, 5.74) is 0.767. The SMILES string of the molecule is CC1(COC=C(CC23CC4CC(CC(C4)C2)C3)C(=O)O)COC1. The molecule has 4 bridgehead atoms. The van der Waals surface area contributed by atoms with Gasteiger partial charge < -0.3 is 14.6 Å². The molecular weight excluding hydrogens is 292 g/mol. The molecule has 4 nitrogen and oxygen atoms in total. The van der Waals surface area contributed by atoms with Gasteiger partial charge in [-0.2, -0.15) is 0 Å². The van der Waals surface area contributed by atoms with Crippen molar-refractivity contribution in [2.75, 3.05) is 19.8 Å². The molecule has 5 aliphatic rings. The summed E-state index contributed by atoms with van der Waals surface area (Å²) < 4.78 is 10.9. The zero-order valence-electron chi connectivity index (χ0n) is 14.1. The van der Waals surface area contributed by atoms with Crippen molar-refractivity contribution in [1.29, 1.82) is 0 Å². The van der Waals surface area contributed by atoms with Crippen molar-refractivity contribution < 1.29 is 19.4 Å². The van der Waals surface area contributed by atoms with E-state index >= 15 is 0 Å². The summed E-state index contributed by atoms with van der Waals surface area (Å²) in [5, 5.41) is 9.60. The number of carbonyl (C=O) groups is 1. The lowest BCUT2D eigenvalue weighted by atomic mass is 9.48. The van der Waals surface area contributed by atoms with Gasteiger partial charge in [-0.1, -0.05) is 6.92 Å². The number of aliphatic carboxylic acids is 1. The van der Waals surface area contributed by atoms with Crippen LogP contribution >= 0.6 is 0 Å². The largest absolute Gasteiger partial charge is 0.500 e. The smallest absolute Gasteiger partial charge is 0.334 e. The van der Waals surface area contributed by atoms with E-state index in [1.165, 1.54) is 44.8 Å². The average Bonchev–Trinajstić information content (AvgIpc) is 2.42. The molecule has 0 aromatic carbocycles. The second-order valence-electron chi connectivity index (χ2n) is 9.16. The predicted octanol–water partition coefficient (Wildman–Crippen LogP) is 3.61. The van der Waals surface area contributed by atoms with Crippen LogP contribution in [0.3, 0.4) is 0 Å². The highest BCUT2D eigenvalue weighted by Crippen LogP contribution is 2.62. The Balaban J connectivity index is 1.43. The van der Waals surface area contributed by atoms with E-state index < -0.39 is 5.97 Å². The minimum absolute atomic E-state index is 0.0563. The number of hydrogen-bond acceptors (Lipinski definition) is 3. The van der Waals surface area contributed by atoms with Crippen molar-refractivity contribution >= 4 is 5.97 Å². The number of hydrogen-bond donors (Lipinski definition) is 1. The summed E-state index contributed by atoms with van der Waals surface area (Å²) in [6.45, 7) is 4.07. The first-order valence-corrected chi connectivity index (χ1v) is 9.07. The van der Waals surface area contributed by atoms with E-state index in [4.69, 9.17) is 9.47 Å². The molecule has 5 rings (SSSR count). The van der Waals surface area contributed by atoms with E-state index in [1.54, 1.807) is 0 Å². The standard InChI is InChI=1S/C19H28O4/c1-18(11-23-12-18)10-22-9-16(17(20)21)8-19-5-13-2-14(6-19)4-15(3-13)7-19/h9,13-15H,2-8,10-12H2,1H3,(H,20,21). The first-order valence-electron chi connectivity index (χ1n) is 9.07. The van der Waals surface area contributed by atoms with Crippen LogP contribution in [-0.4, -0.2) is 30.9 Å². The molecule has 23 heavy (non-hydrogen) atoms. The third-order valence-corrected chi connectivity index (χ3v) is 6.56. The quantitative estimate of drug-likeness (QED) is 0.600. The predicted molar refractivity (Wildman–Crippen MR) is 85.8 cm³/mol. The molecule has 0 spiro atoms.